The summed E-state index contributed by atoms with van der Waals surface area (Å²) in [5, 5.41) is 19.7. The van der Waals surface area contributed by atoms with Gasteiger partial charge in [-0.1, -0.05) is 98.8 Å². The molecule has 0 aliphatic heterocycles. The van der Waals surface area contributed by atoms with Crippen molar-refractivity contribution in [3.8, 4) is 20.9 Å². The van der Waals surface area contributed by atoms with E-state index in [2.05, 4.69) is 35.4 Å². The first-order valence-electron chi connectivity index (χ1n) is 28.0. The van der Waals surface area contributed by atoms with Crippen LogP contribution in [0.25, 0.3) is 20.9 Å². The number of aliphatic carboxylic acids is 1. The second-order valence-corrected chi connectivity index (χ2v) is 26.4. The van der Waals surface area contributed by atoms with E-state index >= 15 is 0 Å². The number of benzene rings is 4. The Balaban J connectivity index is 0.000000237. The second kappa shape index (κ2) is 31.9. The van der Waals surface area contributed by atoms with Crippen molar-refractivity contribution in [3.05, 3.63) is 142 Å². The highest BCUT2D eigenvalue weighted by Gasteiger charge is 2.30. The van der Waals surface area contributed by atoms with E-state index in [0.717, 1.165) is 71.8 Å². The average molecular weight is 1220 g/mol. The van der Waals surface area contributed by atoms with Gasteiger partial charge in [-0.3, -0.25) is 9.59 Å². The van der Waals surface area contributed by atoms with Crippen LogP contribution in [-0.4, -0.2) is 93.4 Å². The smallest absolute Gasteiger partial charge is 0.407 e. The fourth-order valence-electron chi connectivity index (χ4n) is 9.57. The van der Waals surface area contributed by atoms with Crippen molar-refractivity contribution in [2.75, 3.05) is 13.1 Å². The van der Waals surface area contributed by atoms with Gasteiger partial charge in [-0.2, -0.15) is 0 Å². The Kier molecular flexibility index (Phi) is 25.2. The van der Waals surface area contributed by atoms with Crippen LogP contribution in [-0.2, 0) is 65.0 Å². The number of nitrogens with zero attached hydrogens (tertiary/aromatic N) is 2. The molecule has 0 spiro atoms. The highest BCUT2D eigenvalue weighted by Crippen LogP contribution is 2.41. The highest BCUT2D eigenvalue weighted by atomic mass is 32.2. The molecule has 2 aliphatic rings. The van der Waals surface area contributed by atoms with E-state index < -0.39 is 32.1 Å². The Labute approximate surface area is 496 Å². The summed E-state index contributed by atoms with van der Waals surface area (Å²) >= 11 is 2.95. The number of carbonyl (C=O) groups is 4. The number of hydrogen-bond acceptors (Lipinski definition) is 15. The van der Waals surface area contributed by atoms with Gasteiger partial charge in [0.1, 0.15) is 0 Å². The lowest BCUT2D eigenvalue weighted by molar-refractivity contribution is -0.136. The molecule has 2 saturated carbocycles. The fourth-order valence-corrected chi connectivity index (χ4v) is 14.6. The van der Waals surface area contributed by atoms with E-state index in [1.165, 1.54) is 34.3 Å². The van der Waals surface area contributed by atoms with E-state index in [9.17, 15) is 36.0 Å². The molecule has 0 saturated heterocycles. The maximum Gasteiger partial charge on any atom is 0.407 e. The maximum absolute atomic E-state index is 13.2. The number of nitrogens with two attached hydrogens (primary N) is 1. The standard InChI is InChI=1S/C30H38N4O5S2.C23H31N3O6S2.C7H9N/c1-4-33-41(37,38)27-16-22(17-28(35)31-18-21-8-6-5-7-9-21)10-15-25(27)26-19-32-29(40-26)23-11-13-24(14-12-23)34-30(36)39-20(2)3;1-4-25-34(30,31)20-11-15(12-21(27)28)5-10-18(20)19-13-24-22(33-19)16-6-8-17(9-7-16)26-23(29)32-14(2)3;8-6-7-4-2-1-3-5-7/h5-10,15-16,19-20,23-24,33H,4,11-14,17-18H2,1-3H3,(H,31,35)(H,34,36);5,10-11,13-14,16-17,25H,4,6-9,12H2,1-3H3,(H,26,29)(H,27,28);1-5H,6,8H2. The van der Waals surface area contributed by atoms with E-state index in [1.54, 1.807) is 56.6 Å². The summed E-state index contributed by atoms with van der Waals surface area (Å²) in [5.74, 6) is -0.731. The zero-order chi connectivity index (χ0) is 60.1. The number of carbonyl (C=O) groups excluding carboxylic acids is 3. The number of amides is 3. The minimum Gasteiger partial charge on any atom is -0.481 e. The van der Waals surface area contributed by atoms with Crippen molar-refractivity contribution in [3.63, 3.8) is 0 Å². The summed E-state index contributed by atoms with van der Waals surface area (Å²) in [6.45, 7) is 12.2. The summed E-state index contributed by atoms with van der Waals surface area (Å²) in [5.41, 5.74) is 9.63. The van der Waals surface area contributed by atoms with Gasteiger partial charge in [-0.05, 0) is 113 Å². The minimum atomic E-state index is -3.81. The molecule has 448 valence electrons. The van der Waals surface area contributed by atoms with Crippen molar-refractivity contribution in [1.29, 1.82) is 0 Å². The van der Waals surface area contributed by atoms with Gasteiger partial charge >= 0.3 is 18.2 Å². The van der Waals surface area contributed by atoms with Crippen LogP contribution in [0.5, 0.6) is 0 Å². The largest absolute Gasteiger partial charge is 0.481 e. The Morgan fingerprint density at radius 2 is 1.00 bits per heavy atom. The molecular weight excluding hydrogens is 1140 g/mol. The predicted octanol–water partition coefficient (Wildman–Crippen LogP) is 10.2. The zero-order valence-corrected chi connectivity index (χ0v) is 51.2. The Morgan fingerprint density at radius 1 is 0.590 bits per heavy atom. The highest BCUT2D eigenvalue weighted by molar-refractivity contribution is 7.90. The number of hydrogen-bond donors (Lipinski definition) is 7. The predicted molar refractivity (Wildman–Crippen MR) is 324 cm³/mol. The second-order valence-electron chi connectivity index (χ2n) is 20.8. The molecule has 0 unspecified atom stereocenters. The molecule has 2 aromatic heterocycles. The molecule has 23 heteroatoms. The third kappa shape index (κ3) is 20.6. The quantitative estimate of drug-likeness (QED) is 0.0353. The van der Waals surface area contributed by atoms with Crippen molar-refractivity contribution in [1.82, 2.24) is 35.4 Å². The van der Waals surface area contributed by atoms with Gasteiger partial charge in [0, 0.05) is 73.6 Å². The van der Waals surface area contributed by atoms with Gasteiger partial charge in [0.2, 0.25) is 26.0 Å². The molecule has 4 aromatic carbocycles. The molecule has 2 heterocycles. The van der Waals surface area contributed by atoms with Gasteiger partial charge in [0.25, 0.3) is 0 Å². The van der Waals surface area contributed by atoms with Crippen molar-refractivity contribution < 1.29 is 50.6 Å². The number of sulfonamides is 2. The van der Waals surface area contributed by atoms with Crippen LogP contribution in [0.3, 0.4) is 0 Å². The molecule has 8 N–H and O–H groups in total. The first kappa shape index (κ1) is 65.6. The maximum atomic E-state index is 13.2. The molecule has 6 aromatic rings. The lowest BCUT2D eigenvalue weighted by atomic mass is 9.86. The molecule has 0 bridgehead atoms. The van der Waals surface area contributed by atoms with Crippen molar-refractivity contribution >= 4 is 66.8 Å². The number of carboxylic acid groups (broad SMARTS) is 1. The van der Waals surface area contributed by atoms with Gasteiger partial charge in [0.05, 0.1) is 54.6 Å². The molecule has 0 atom stereocenters. The SMILES string of the molecule is CCNS(=O)(=O)c1cc(CC(=O)NCc2ccccc2)ccc1-c1cnc(C2CCC(NC(=O)OC(C)C)CC2)s1.CCNS(=O)(=O)c1cc(CC(=O)O)ccc1-c1cnc(C2CCC(NC(=O)OC(C)C)CC2)s1.NCc1ccccc1. The van der Waals surface area contributed by atoms with Gasteiger partial charge in [-0.25, -0.2) is 45.8 Å². The van der Waals surface area contributed by atoms with Crippen molar-refractivity contribution in [2.45, 2.75) is 165 Å². The number of alkyl carbamates (subject to hydrolysis) is 2. The summed E-state index contributed by atoms with van der Waals surface area (Å²) < 4.78 is 67.5. The van der Waals surface area contributed by atoms with Crippen LogP contribution in [0.15, 0.2) is 119 Å². The molecule has 0 radical (unpaired) electrons. The number of carboxylic acids is 1. The number of nitrogens with one attached hydrogen (secondary N) is 5. The Morgan fingerprint density at radius 3 is 1.37 bits per heavy atom. The van der Waals surface area contributed by atoms with Crippen molar-refractivity contribution in [2.24, 2.45) is 5.73 Å². The van der Waals surface area contributed by atoms with Crippen LogP contribution in [0.4, 0.5) is 9.59 Å². The molecular formula is C60H78N8O11S4. The van der Waals surface area contributed by atoms with Crippen LogP contribution >= 0.6 is 22.7 Å². The molecule has 2 aliphatic carbocycles. The fraction of sp³-hybridized carbons (Fsp3) is 0.433. The molecule has 3 amide bonds. The summed E-state index contributed by atoms with van der Waals surface area (Å²) in [7, 11) is -7.61. The average Bonchev–Trinajstić information content (AvgIpc) is 3.78. The number of rotatable bonds is 21. The molecule has 2 fully saturated rings. The van der Waals surface area contributed by atoms with E-state index in [0.29, 0.717) is 40.2 Å². The molecule has 19 nitrogen and oxygen atoms in total. The minimum absolute atomic E-state index is 0.0554. The number of ether oxygens (including phenoxy) is 2. The van der Waals surface area contributed by atoms with E-state index in [4.69, 9.17) is 20.3 Å². The molecule has 83 heavy (non-hydrogen) atoms. The number of aromatic nitrogens is 2. The van der Waals surface area contributed by atoms with E-state index in [1.807, 2.05) is 88.4 Å². The van der Waals surface area contributed by atoms with Crippen LogP contribution < -0.4 is 31.1 Å². The summed E-state index contributed by atoms with van der Waals surface area (Å²) in [6, 6.07) is 29.6. The van der Waals surface area contributed by atoms with Gasteiger partial charge in [-0.15, -0.1) is 22.7 Å². The Hall–Kier alpha value is -6.60. The lowest BCUT2D eigenvalue weighted by Gasteiger charge is -2.28. The topological polar surface area (TPSA) is 287 Å². The third-order valence-corrected chi connectivity index (χ3v) is 19.1. The number of thiazole rings is 2. The summed E-state index contributed by atoms with van der Waals surface area (Å²) in [4.78, 5) is 58.4. The third-order valence-electron chi connectivity index (χ3n) is 13.5. The normalized spacial score (nSPS) is 17.0. The van der Waals surface area contributed by atoms with Gasteiger partial charge in [0.15, 0.2) is 0 Å². The first-order chi connectivity index (χ1) is 39.7. The molecule has 8 rings (SSSR count). The monoisotopic (exact) mass is 1210 g/mol. The van der Waals surface area contributed by atoms with Crippen LogP contribution in [0.1, 0.15) is 137 Å². The van der Waals surface area contributed by atoms with Gasteiger partial charge < -0.3 is 36.3 Å². The van der Waals surface area contributed by atoms with Crippen LogP contribution in [0.2, 0.25) is 0 Å². The lowest BCUT2D eigenvalue weighted by Crippen LogP contribution is -2.38. The van der Waals surface area contributed by atoms with E-state index in [-0.39, 0.29) is 83.8 Å². The zero-order valence-electron chi connectivity index (χ0n) is 47.9. The Bertz CT molecular complexity index is 3290. The van der Waals surface area contributed by atoms with Crippen LogP contribution in [0, 0.1) is 0 Å². The summed E-state index contributed by atoms with van der Waals surface area (Å²) in [6.07, 6.45) is 8.88. The first-order valence-corrected chi connectivity index (χ1v) is 32.6.